The van der Waals surface area contributed by atoms with E-state index in [-0.39, 0.29) is 17.6 Å². The number of rotatable bonds is 5. The average molecular weight is 273 g/mol. The molecule has 0 radical (unpaired) electrons. The van der Waals surface area contributed by atoms with E-state index in [2.05, 4.69) is 12.2 Å². The third-order valence-corrected chi connectivity index (χ3v) is 3.43. The molecule has 2 N–H and O–H groups in total. The molecule has 0 heterocycles. The Morgan fingerprint density at radius 2 is 1.85 bits per heavy atom. The van der Waals surface area contributed by atoms with Crippen molar-refractivity contribution in [2.24, 2.45) is 0 Å². The van der Waals surface area contributed by atoms with Crippen LogP contribution in [0.2, 0.25) is 0 Å². The molecule has 3 heteroatoms. The topological polar surface area (TPSA) is 32.3 Å². The van der Waals surface area contributed by atoms with Crippen molar-refractivity contribution in [1.82, 2.24) is 5.32 Å². The van der Waals surface area contributed by atoms with Crippen molar-refractivity contribution in [2.45, 2.75) is 26.3 Å². The number of nitrogens with one attached hydrogen (secondary N) is 1. The zero-order valence-electron chi connectivity index (χ0n) is 11.9. The molecule has 0 aliphatic rings. The summed E-state index contributed by atoms with van der Waals surface area (Å²) >= 11 is 0. The van der Waals surface area contributed by atoms with Crippen molar-refractivity contribution in [3.63, 3.8) is 0 Å². The van der Waals surface area contributed by atoms with Crippen LogP contribution in [-0.4, -0.2) is 11.7 Å². The SMILES string of the molecule is CCNC(Cc1ccc(O)cc1)c1ccc(F)cc1C. The summed E-state index contributed by atoms with van der Waals surface area (Å²) in [6, 6.07) is 12.3. The van der Waals surface area contributed by atoms with Gasteiger partial charge in [0.1, 0.15) is 11.6 Å². The van der Waals surface area contributed by atoms with E-state index in [4.69, 9.17) is 0 Å². The van der Waals surface area contributed by atoms with Crippen LogP contribution < -0.4 is 5.32 Å². The Hall–Kier alpha value is -1.87. The van der Waals surface area contributed by atoms with Crippen LogP contribution in [0.4, 0.5) is 4.39 Å². The molecule has 2 nitrogen and oxygen atoms in total. The number of aromatic hydroxyl groups is 1. The summed E-state index contributed by atoms with van der Waals surface area (Å²) in [5.41, 5.74) is 3.20. The van der Waals surface area contributed by atoms with Gasteiger partial charge in [0.15, 0.2) is 0 Å². The van der Waals surface area contributed by atoms with Gasteiger partial charge in [0, 0.05) is 6.04 Å². The van der Waals surface area contributed by atoms with Crippen molar-refractivity contribution in [2.75, 3.05) is 6.54 Å². The monoisotopic (exact) mass is 273 g/mol. The fourth-order valence-electron chi connectivity index (χ4n) is 2.44. The van der Waals surface area contributed by atoms with Gasteiger partial charge in [-0.25, -0.2) is 4.39 Å². The van der Waals surface area contributed by atoms with Crippen LogP contribution in [0, 0.1) is 12.7 Å². The highest BCUT2D eigenvalue weighted by Crippen LogP contribution is 2.23. The van der Waals surface area contributed by atoms with Gasteiger partial charge in [-0.3, -0.25) is 0 Å². The van der Waals surface area contributed by atoms with E-state index in [0.29, 0.717) is 0 Å². The van der Waals surface area contributed by atoms with Crippen molar-refractivity contribution >= 4 is 0 Å². The second-order valence-electron chi connectivity index (χ2n) is 4.98. The predicted octanol–water partition coefficient (Wildman–Crippen LogP) is 3.73. The molecule has 0 spiro atoms. The lowest BCUT2D eigenvalue weighted by molar-refractivity contribution is 0.474. The van der Waals surface area contributed by atoms with Gasteiger partial charge in [-0.15, -0.1) is 0 Å². The lowest BCUT2D eigenvalue weighted by Gasteiger charge is -2.20. The summed E-state index contributed by atoms with van der Waals surface area (Å²) in [7, 11) is 0. The van der Waals surface area contributed by atoms with E-state index >= 15 is 0 Å². The first-order valence-corrected chi connectivity index (χ1v) is 6.87. The summed E-state index contributed by atoms with van der Waals surface area (Å²) in [6.07, 6.45) is 0.806. The number of phenolic OH excluding ortho intramolecular Hbond substituents is 1. The van der Waals surface area contributed by atoms with E-state index in [9.17, 15) is 9.50 Å². The molecular formula is C17H20FNO. The number of halogens is 1. The molecule has 2 rings (SSSR count). The molecule has 1 unspecified atom stereocenters. The van der Waals surface area contributed by atoms with Crippen molar-refractivity contribution in [1.29, 1.82) is 0 Å². The maximum absolute atomic E-state index is 13.2. The molecular weight excluding hydrogens is 253 g/mol. The van der Waals surface area contributed by atoms with Crippen LogP contribution in [0.3, 0.4) is 0 Å². The number of hydrogen-bond acceptors (Lipinski definition) is 2. The van der Waals surface area contributed by atoms with Gasteiger partial charge in [-0.1, -0.05) is 25.1 Å². The van der Waals surface area contributed by atoms with Gasteiger partial charge < -0.3 is 10.4 Å². The molecule has 0 aliphatic heterocycles. The summed E-state index contributed by atoms with van der Waals surface area (Å²) in [5.74, 6) is 0.0674. The largest absolute Gasteiger partial charge is 0.508 e. The molecule has 0 bridgehead atoms. The maximum atomic E-state index is 13.2. The molecule has 20 heavy (non-hydrogen) atoms. The Balaban J connectivity index is 2.24. The van der Waals surface area contributed by atoms with E-state index in [1.165, 1.54) is 6.07 Å². The second kappa shape index (κ2) is 6.53. The number of hydrogen-bond donors (Lipinski definition) is 2. The highest BCUT2D eigenvalue weighted by molar-refractivity contribution is 5.32. The maximum Gasteiger partial charge on any atom is 0.123 e. The van der Waals surface area contributed by atoms with Gasteiger partial charge in [-0.2, -0.15) is 0 Å². The minimum atomic E-state index is -0.203. The fourth-order valence-corrected chi connectivity index (χ4v) is 2.44. The summed E-state index contributed by atoms with van der Waals surface area (Å²) in [4.78, 5) is 0. The second-order valence-corrected chi connectivity index (χ2v) is 4.98. The van der Waals surface area contributed by atoms with Gasteiger partial charge >= 0.3 is 0 Å². The predicted molar refractivity (Wildman–Crippen MR) is 79.4 cm³/mol. The van der Waals surface area contributed by atoms with Crippen LogP contribution in [0.5, 0.6) is 5.75 Å². The molecule has 0 saturated carbocycles. The van der Waals surface area contributed by atoms with Gasteiger partial charge in [0.25, 0.3) is 0 Å². The van der Waals surface area contributed by atoms with Crippen molar-refractivity contribution in [3.8, 4) is 5.75 Å². The molecule has 2 aromatic rings. The fraction of sp³-hybridized carbons (Fsp3) is 0.294. The minimum absolute atomic E-state index is 0.144. The first-order chi connectivity index (χ1) is 9.60. The summed E-state index contributed by atoms with van der Waals surface area (Å²) in [5, 5.41) is 12.8. The van der Waals surface area contributed by atoms with Crippen LogP contribution >= 0.6 is 0 Å². The zero-order chi connectivity index (χ0) is 14.5. The minimum Gasteiger partial charge on any atom is -0.508 e. The zero-order valence-corrected chi connectivity index (χ0v) is 11.9. The molecule has 0 aromatic heterocycles. The van der Waals surface area contributed by atoms with Crippen LogP contribution in [0.15, 0.2) is 42.5 Å². The normalized spacial score (nSPS) is 12.3. The van der Waals surface area contributed by atoms with E-state index in [1.807, 2.05) is 25.1 Å². The lowest BCUT2D eigenvalue weighted by atomic mass is 9.95. The van der Waals surface area contributed by atoms with E-state index in [0.717, 1.165) is 29.7 Å². The number of aryl methyl sites for hydroxylation is 1. The summed E-state index contributed by atoms with van der Waals surface area (Å²) < 4.78 is 13.2. The van der Waals surface area contributed by atoms with Crippen LogP contribution in [0.1, 0.15) is 29.7 Å². The Morgan fingerprint density at radius 1 is 1.15 bits per heavy atom. The lowest BCUT2D eigenvalue weighted by Crippen LogP contribution is -2.23. The molecule has 0 aliphatic carbocycles. The van der Waals surface area contributed by atoms with Gasteiger partial charge in [-0.05, 0) is 60.8 Å². The third kappa shape index (κ3) is 3.58. The van der Waals surface area contributed by atoms with E-state index in [1.54, 1.807) is 18.2 Å². The Labute approximate surface area is 119 Å². The first-order valence-electron chi connectivity index (χ1n) is 6.87. The highest BCUT2D eigenvalue weighted by Gasteiger charge is 2.14. The standard InChI is InChI=1S/C17H20FNO/c1-3-19-17(11-13-4-7-15(20)8-5-13)16-9-6-14(18)10-12(16)2/h4-10,17,19-20H,3,11H2,1-2H3. The molecule has 0 amide bonds. The quantitative estimate of drug-likeness (QED) is 0.870. The molecule has 106 valence electrons. The molecule has 0 saturated heterocycles. The molecule has 0 fully saturated rings. The highest BCUT2D eigenvalue weighted by atomic mass is 19.1. The van der Waals surface area contributed by atoms with Crippen molar-refractivity contribution in [3.05, 3.63) is 65.0 Å². The number of likely N-dealkylation sites (N-methyl/N-ethyl adjacent to an activating group) is 1. The third-order valence-electron chi connectivity index (χ3n) is 3.43. The number of phenols is 1. The Kier molecular flexibility index (Phi) is 4.74. The summed E-state index contributed by atoms with van der Waals surface area (Å²) in [6.45, 7) is 4.84. The smallest absolute Gasteiger partial charge is 0.123 e. The Morgan fingerprint density at radius 3 is 2.45 bits per heavy atom. The van der Waals surface area contributed by atoms with Crippen LogP contribution in [-0.2, 0) is 6.42 Å². The van der Waals surface area contributed by atoms with Crippen molar-refractivity contribution < 1.29 is 9.50 Å². The molecule has 1 atom stereocenters. The first kappa shape index (κ1) is 14.5. The molecule has 2 aromatic carbocycles. The van der Waals surface area contributed by atoms with E-state index < -0.39 is 0 Å². The Bertz CT molecular complexity index is 566. The van der Waals surface area contributed by atoms with Gasteiger partial charge in [0.05, 0.1) is 0 Å². The number of benzene rings is 2. The average Bonchev–Trinajstić information content (AvgIpc) is 2.41. The van der Waals surface area contributed by atoms with Crippen LogP contribution in [0.25, 0.3) is 0 Å². The van der Waals surface area contributed by atoms with Gasteiger partial charge in [0.2, 0.25) is 0 Å².